The van der Waals surface area contributed by atoms with Crippen LogP contribution in [0.1, 0.15) is 24.8 Å². The number of guanidine groups is 1. The summed E-state index contributed by atoms with van der Waals surface area (Å²) in [6, 6.07) is 5.70. The van der Waals surface area contributed by atoms with Crippen LogP contribution in [-0.4, -0.2) is 50.8 Å². The Bertz CT molecular complexity index is 600. The van der Waals surface area contributed by atoms with Crippen LogP contribution in [0, 0.1) is 5.41 Å². The maximum Gasteiger partial charge on any atom is 0.193 e. The number of benzene rings is 1. The highest BCUT2D eigenvalue weighted by molar-refractivity contribution is 6.35. The lowest BCUT2D eigenvalue weighted by Gasteiger charge is -2.25. The van der Waals surface area contributed by atoms with E-state index in [0.29, 0.717) is 10.4 Å². The molecule has 132 valence electrons. The summed E-state index contributed by atoms with van der Waals surface area (Å²) in [5.41, 5.74) is 1.50. The van der Waals surface area contributed by atoms with Crippen molar-refractivity contribution in [3.63, 3.8) is 0 Å². The molecule has 6 heteroatoms. The average molecular weight is 370 g/mol. The van der Waals surface area contributed by atoms with Crippen molar-refractivity contribution < 1.29 is 4.74 Å². The number of nitrogens with one attached hydrogen (secondary N) is 1. The van der Waals surface area contributed by atoms with Gasteiger partial charge in [0.1, 0.15) is 0 Å². The van der Waals surface area contributed by atoms with E-state index in [0.717, 1.165) is 62.2 Å². The molecule has 0 radical (unpaired) electrons. The number of hydrogen-bond donors (Lipinski definition) is 1. The van der Waals surface area contributed by atoms with Gasteiger partial charge in [-0.05, 0) is 43.4 Å². The number of aliphatic imine (C=N–C) groups is 1. The fraction of sp³-hybridized carbons (Fsp3) is 0.611. The summed E-state index contributed by atoms with van der Waals surface area (Å²) in [7, 11) is 1.86. The van der Waals surface area contributed by atoms with Crippen molar-refractivity contribution in [3.05, 3.63) is 33.8 Å². The minimum atomic E-state index is 0.356. The number of halogens is 2. The molecular weight excluding hydrogens is 345 g/mol. The van der Waals surface area contributed by atoms with Crippen molar-refractivity contribution >= 4 is 29.2 Å². The first-order valence-electron chi connectivity index (χ1n) is 8.59. The lowest BCUT2D eigenvalue weighted by atomic mass is 9.87. The minimum absolute atomic E-state index is 0.356. The molecule has 0 saturated carbocycles. The lowest BCUT2D eigenvalue weighted by Crippen LogP contribution is -2.41. The van der Waals surface area contributed by atoms with E-state index < -0.39 is 0 Å². The van der Waals surface area contributed by atoms with E-state index in [2.05, 4.69) is 15.2 Å². The molecule has 3 rings (SSSR count). The molecule has 0 aromatic heterocycles. The van der Waals surface area contributed by atoms with Gasteiger partial charge in [0.25, 0.3) is 0 Å². The number of rotatable bonds is 4. The molecule has 1 aromatic carbocycles. The van der Waals surface area contributed by atoms with E-state index in [1.165, 1.54) is 12.8 Å². The summed E-state index contributed by atoms with van der Waals surface area (Å²) in [5.74, 6) is 1.00. The third-order valence-corrected chi connectivity index (χ3v) is 5.64. The fourth-order valence-corrected chi connectivity index (χ4v) is 4.13. The third-order valence-electron chi connectivity index (χ3n) is 5.06. The zero-order chi connectivity index (χ0) is 17.0. The Morgan fingerprint density at radius 1 is 1.38 bits per heavy atom. The smallest absolute Gasteiger partial charge is 0.193 e. The van der Waals surface area contributed by atoms with Gasteiger partial charge in [0.15, 0.2) is 5.96 Å². The van der Waals surface area contributed by atoms with Crippen LogP contribution in [-0.2, 0) is 11.2 Å². The Hall–Kier alpha value is -0.970. The maximum atomic E-state index is 6.22. The van der Waals surface area contributed by atoms with E-state index in [1.807, 2.05) is 19.2 Å². The predicted octanol–water partition coefficient (Wildman–Crippen LogP) is 3.61. The van der Waals surface area contributed by atoms with Crippen LogP contribution in [0.2, 0.25) is 10.0 Å². The van der Waals surface area contributed by atoms with E-state index in [-0.39, 0.29) is 0 Å². The molecule has 2 fully saturated rings. The second-order valence-electron chi connectivity index (χ2n) is 6.79. The number of likely N-dealkylation sites (tertiary alicyclic amines) is 1. The van der Waals surface area contributed by atoms with Crippen molar-refractivity contribution in [2.24, 2.45) is 10.4 Å². The van der Waals surface area contributed by atoms with Gasteiger partial charge < -0.3 is 15.0 Å². The summed E-state index contributed by atoms with van der Waals surface area (Å²) < 4.78 is 5.60. The number of ether oxygens (including phenoxy) is 1. The van der Waals surface area contributed by atoms with Crippen LogP contribution in [0.15, 0.2) is 23.2 Å². The molecule has 2 aliphatic heterocycles. The van der Waals surface area contributed by atoms with Crippen molar-refractivity contribution in [1.82, 2.24) is 10.2 Å². The van der Waals surface area contributed by atoms with Crippen LogP contribution in [0.5, 0.6) is 0 Å². The Morgan fingerprint density at radius 3 is 2.96 bits per heavy atom. The number of aryl methyl sites for hydroxylation is 1. The van der Waals surface area contributed by atoms with Gasteiger partial charge >= 0.3 is 0 Å². The first kappa shape index (κ1) is 17.8. The van der Waals surface area contributed by atoms with Crippen molar-refractivity contribution in [3.8, 4) is 0 Å². The van der Waals surface area contributed by atoms with Crippen LogP contribution in [0.3, 0.4) is 0 Å². The SMILES string of the molecule is CN=C(NCCCc1ccc(Cl)cc1Cl)N1CCC2(CCOC2)C1. The van der Waals surface area contributed by atoms with Gasteiger partial charge in [-0.3, -0.25) is 4.99 Å². The Labute approximate surface area is 154 Å². The van der Waals surface area contributed by atoms with E-state index in [9.17, 15) is 0 Å². The molecule has 0 bridgehead atoms. The summed E-state index contributed by atoms with van der Waals surface area (Å²) in [4.78, 5) is 6.81. The summed E-state index contributed by atoms with van der Waals surface area (Å²) in [6.45, 7) is 4.80. The van der Waals surface area contributed by atoms with E-state index in [4.69, 9.17) is 27.9 Å². The number of nitrogens with zero attached hydrogens (tertiary/aromatic N) is 2. The second kappa shape index (κ2) is 7.94. The molecule has 1 spiro atoms. The van der Waals surface area contributed by atoms with Gasteiger partial charge in [-0.2, -0.15) is 0 Å². The molecule has 0 aliphatic carbocycles. The molecule has 2 heterocycles. The van der Waals surface area contributed by atoms with Gasteiger partial charge in [0.05, 0.1) is 6.61 Å². The largest absolute Gasteiger partial charge is 0.381 e. The minimum Gasteiger partial charge on any atom is -0.381 e. The summed E-state index contributed by atoms with van der Waals surface area (Å²) in [5, 5.41) is 4.91. The van der Waals surface area contributed by atoms with Gasteiger partial charge in [-0.1, -0.05) is 29.3 Å². The lowest BCUT2D eigenvalue weighted by molar-refractivity contribution is 0.156. The Kier molecular flexibility index (Phi) is 5.90. The van der Waals surface area contributed by atoms with Gasteiger partial charge in [0, 0.05) is 48.7 Å². The first-order chi connectivity index (χ1) is 11.6. The standard InChI is InChI=1S/C18H25Cl2N3O/c1-21-17(23-9-6-18(12-23)7-10-24-13-18)22-8-2-3-14-4-5-15(19)11-16(14)20/h4-5,11H,2-3,6-10,12-13H2,1H3,(H,21,22). The van der Waals surface area contributed by atoms with Crippen molar-refractivity contribution in [1.29, 1.82) is 0 Å². The molecule has 2 saturated heterocycles. The molecule has 0 amide bonds. The zero-order valence-electron chi connectivity index (χ0n) is 14.2. The van der Waals surface area contributed by atoms with Crippen molar-refractivity contribution in [2.45, 2.75) is 25.7 Å². The molecule has 1 N–H and O–H groups in total. The molecular formula is C18H25Cl2N3O. The van der Waals surface area contributed by atoms with Gasteiger partial charge in [-0.25, -0.2) is 0 Å². The highest BCUT2D eigenvalue weighted by Crippen LogP contribution is 2.38. The second-order valence-corrected chi connectivity index (χ2v) is 7.63. The summed E-state index contributed by atoms with van der Waals surface area (Å²) in [6.07, 6.45) is 4.31. The Balaban J connectivity index is 1.45. The first-order valence-corrected chi connectivity index (χ1v) is 9.35. The third kappa shape index (κ3) is 4.16. The van der Waals surface area contributed by atoms with E-state index >= 15 is 0 Å². The molecule has 4 nitrogen and oxygen atoms in total. The van der Waals surface area contributed by atoms with Crippen LogP contribution < -0.4 is 5.32 Å². The normalized spacial score (nSPS) is 24.1. The predicted molar refractivity (Wildman–Crippen MR) is 100 cm³/mol. The zero-order valence-corrected chi connectivity index (χ0v) is 15.7. The quantitative estimate of drug-likeness (QED) is 0.500. The molecule has 24 heavy (non-hydrogen) atoms. The number of hydrogen-bond acceptors (Lipinski definition) is 2. The molecule has 2 aliphatic rings. The summed E-state index contributed by atoms with van der Waals surface area (Å²) >= 11 is 12.2. The highest BCUT2D eigenvalue weighted by atomic mass is 35.5. The topological polar surface area (TPSA) is 36.9 Å². The fourth-order valence-electron chi connectivity index (χ4n) is 3.62. The van der Waals surface area contributed by atoms with Gasteiger partial charge in [0.2, 0.25) is 0 Å². The Morgan fingerprint density at radius 2 is 2.25 bits per heavy atom. The molecule has 1 unspecified atom stereocenters. The average Bonchev–Trinajstić information content (AvgIpc) is 3.20. The molecule has 1 aromatic rings. The highest BCUT2D eigenvalue weighted by Gasteiger charge is 2.42. The van der Waals surface area contributed by atoms with Crippen LogP contribution >= 0.6 is 23.2 Å². The van der Waals surface area contributed by atoms with Gasteiger partial charge in [-0.15, -0.1) is 0 Å². The van der Waals surface area contributed by atoms with Crippen LogP contribution in [0.25, 0.3) is 0 Å². The van der Waals surface area contributed by atoms with Crippen molar-refractivity contribution in [2.75, 3.05) is 39.9 Å². The van der Waals surface area contributed by atoms with Crippen LogP contribution in [0.4, 0.5) is 0 Å². The monoisotopic (exact) mass is 369 g/mol. The molecule has 1 atom stereocenters. The maximum absolute atomic E-state index is 6.22. The van der Waals surface area contributed by atoms with E-state index in [1.54, 1.807) is 6.07 Å².